The molecule has 4 rings (SSSR count). The lowest BCUT2D eigenvalue weighted by Gasteiger charge is -2.58. The minimum Gasteiger partial charge on any atom is -0.393 e. The summed E-state index contributed by atoms with van der Waals surface area (Å²) in [5.74, 6) is 0.541. The number of Topliss-reactive ketones (excluding diaryl/α,β-unsaturated/α-hetero) is 1. The Morgan fingerprint density at radius 1 is 1.35 bits per heavy atom. The van der Waals surface area contributed by atoms with Crippen molar-refractivity contribution in [3.63, 3.8) is 0 Å². The molecule has 2 fully saturated rings. The van der Waals surface area contributed by atoms with Gasteiger partial charge in [-0.1, -0.05) is 31.1 Å². The van der Waals surface area contributed by atoms with Gasteiger partial charge in [-0.3, -0.25) is 9.59 Å². The molecule has 4 nitrogen and oxygen atoms in total. The first-order valence-corrected chi connectivity index (χ1v) is 9.69. The molecule has 4 unspecified atom stereocenters. The fourth-order valence-electron chi connectivity index (χ4n) is 6.89. The normalized spacial score (nSPS) is 44.3. The van der Waals surface area contributed by atoms with Crippen LogP contribution in [0.4, 0.5) is 0 Å². The van der Waals surface area contributed by atoms with Gasteiger partial charge < -0.3 is 10.2 Å². The summed E-state index contributed by atoms with van der Waals surface area (Å²) in [6.07, 6.45) is 8.10. The lowest BCUT2D eigenvalue weighted by Crippen LogP contribution is -2.55. The van der Waals surface area contributed by atoms with Gasteiger partial charge in [0.25, 0.3) is 0 Å². The van der Waals surface area contributed by atoms with Crippen molar-refractivity contribution in [1.82, 2.24) is 0 Å². The van der Waals surface area contributed by atoms with E-state index in [2.05, 4.69) is 13.8 Å². The van der Waals surface area contributed by atoms with Crippen molar-refractivity contribution >= 4 is 11.6 Å². The summed E-state index contributed by atoms with van der Waals surface area (Å²) in [6.45, 7) is 5.79. The second-order valence-corrected chi connectivity index (χ2v) is 9.15. The van der Waals surface area contributed by atoms with Crippen LogP contribution in [0.5, 0.6) is 0 Å². The van der Waals surface area contributed by atoms with Gasteiger partial charge in [-0.2, -0.15) is 0 Å². The zero-order valence-corrected chi connectivity index (χ0v) is 15.8. The summed E-state index contributed by atoms with van der Waals surface area (Å²) in [5, 5.41) is 20.6. The molecule has 0 saturated heterocycles. The standard InChI is InChI=1S/C22H28O4/c1-12-8-16-15-5-4-13-9-14(24)6-7-21(13,2)20(15)17(25)10-22(16,3)19(12)18(26)11-23/h6-7,9,15-17,20,23,25H,4-5,8,10-11H2,1-3H3/t15?,16?,17-,20?,21?,22-/m0/s1. The zero-order chi connectivity index (χ0) is 18.9. The first-order chi connectivity index (χ1) is 12.2. The molecule has 0 radical (unpaired) electrons. The second-order valence-electron chi connectivity index (χ2n) is 9.15. The maximum absolute atomic E-state index is 12.4. The molecule has 0 aliphatic heterocycles. The van der Waals surface area contributed by atoms with E-state index in [1.165, 1.54) is 0 Å². The average Bonchev–Trinajstić information content (AvgIpc) is 2.84. The summed E-state index contributed by atoms with van der Waals surface area (Å²) in [6, 6.07) is 0. The molecule has 4 heteroatoms. The second kappa shape index (κ2) is 5.74. The molecule has 0 heterocycles. The number of ketones is 2. The predicted molar refractivity (Wildman–Crippen MR) is 98.2 cm³/mol. The zero-order valence-electron chi connectivity index (χ0n) is 15.8. The Bertz CT molecular complexity index is 773. The number of aliphatic hydroxyl groups excluding tert-OH is 2. The van der Waals surface area contributed by atoms with Crippen molar-refractivity contribution in [3.05, 3.63) is 34.9 Å². The fraction of sp³-hybridized carbons (Fsp3) is 0.636. The van der Waals surface area contributed by atoms with E-state index in [9.17, 15) is 19.8 Å². The van der Waals surface area contributed by atoms with Crippen LogP contribution in [0.15, 0.2) is 34.9 Å². The van der Waals surface area contributed by atoms with E-state index in [0.29, 0.717) is 18.3 Å². The highest BCUT2D eigenvalue weighted by molar-refractivity contribution is 6.01. The number of allylic oxidation sites excluding steroid dienone is 5. The third-order valence-electron chi connectivity index (χ3n) is 7.83. The van der Waals surface area contributed by atoms with Crippen LogP contribution >= 0.6 is 0 Å². The molecule has 140 valence electrons. The van der Waals surface area contributed by atoms with E-state index < -0.39 is 12.7 Å². The van der Waals surface area contributed by atoms with Gasteiger partial charge >= 0.3 is 0 Å². The quantitative estimate of drug-likeness (QED) is 0.798. The van der Waals surface area contributed by atoms with Crippen molar-refractivity contribution in [1.29, 1.82) is 0 Å². The van der Waals surface area contributed by atoms with Crippen molar-refractivity contribution in [2.75, 3.05) is 6.61 Å². The monoisotopic (exact) mass is 356 g/mol. The molecule has 2 N–H and O–H groups in total. The van der Waals surface area contributed by atoms with E-state index in [1.54, 1.807) is 12.2 Å². The molecule has 4 aliphatic carbocycles. The van der Waals surface area contributed by atoms with Gasteiger partial charge in [0.15, 0.2) is 11.6 Å². The molecule has 0 aromatic rings. The molecule has 0 spiro atoms. The van der Waals surface area contributed by atoms with Gasteiger partial charge in [0.05, 0.1) is 6.10 Å². The first-order valence-electron chi connectivity index (χ1n) is 9.69. The molecule has 0 aromatic heterocycles. The summed E-state index contributed by atoms with van der Waals surface area (Å²) < 4.78 is 0. The minimum atomic E-state index is -0.528. The Kier molecular flexibility index (Phi) is 3.94. The van der Waals surface area contributed by atoms with Crippen LogP contribution in [0.1, 0.15) is 46.5 Å². The smallest absolute Gasteiger partial charge is 0.184 e. The van der Waals surface area contributed by atoms with Gasteiger partial charge in [-0.15, -0.1) is 0 Å². The Morgan fingerprint density at radius 2 is 2.08 bits per heavy atom. The highest BCUT2D eigenvalue weighted by atomic mass is 16.3. The molecular formula is C22H28O4. The largest absolute Gasteiger partial charge is 0.393 e. The van der Waals surface area contributed by atoms with Crippen LogP contribution < -0.4 is 0 Å². The van der Waals surface area contributed by atoms with Gasteiger partial charge in [0, 0.05) is 22.3 Å². The summed E-state index contributed by atoms with van der Waals surface area (Å²) in [7, 11) is 0. The van der Waals surface area contributed by atoms with Crippen LogP contribution in [0.25, 0.3) is 0 Å². The SMILES string of the molecule is CC1=C(C(=O)CO)[C@@]2(C)C[C@H](O)C3C(CCC4=CC(=O)C=CC43C)C2C1. The number of hydrogen-bond donors (Lipinski definition) is 2. The van der Waals surface area contributed by atoms with Gasteiger partial charge in [0.2, 0.25) is 0 Å². The molecule has 4 aliphatic rings. The van der Waals surface area contributed by atoms with Crippen LogP contribution in [0.2, 0.25) is 0 Å². The molecule has 0 aromatic carbocycles. The van der Waals surface area contributed by atoms with Crippen LogP contribution in [-0.4, -0.2) is 34.5 Å². The Balaban J connectivity index is 1.75. The molecule has 2 saturated carbocycles. The lowest BCUT2D eigenvalue weighted by atomic mass is 9.47. The highest BCUT2D eigenvalue weighted by Crippen LogP contribution is 2.65. The van der Waals surface area contributed by atoms with Gasteiger partial charge in [0.1, 0.15) is 6.61 Å². The molecule has 0 amide bonds. The number of aliphatic hydroxyl groups is 2. The maximum atomic E-state index is 12.4. The van der Waals surface area contributed by atoms with E-state index in [1.807, 2.05) is 13.0 Å². The third kappa shape index (κ3) is 2.21. The first kappa shape index (κ1) is 17.9. The Morgan fingerprint density at radius 3 is 2.77 bits per heavy atom. The van der Waals surface area contributed by atoms with Crippen LogP contribution in [-0.2, 0) is 9.59 Å². The number of carbonyl (C=O) groups excluding carboxylic acids is 2. The topological polar surface area (TPSA) is 74.6 Å². The van der Waals surface area contributed by atoms with Crippen molar-refractivity contribution in [2.45, 2.75) is 52.6 Å². The van der Waals surface area contributed by atoms with Crippen molar-refractivity contribution in [3.8, 4) is 0 Å². The van der Waals surface area contributed by atoms with E-state index in [0.717, 1.165) is 36.0 Å². The van der Waals surface area contributed by atoms with E-state index >= 15 is 0 Å². The van der Waals surface area contributed by atoms with Crippen LogP contribution in [0, 0.1) is 28.6 Å². The molecule has 0 bridgehead atoms. The minimum absolute atomic E-state index is 0.0419. The highest BCUT2D eigenvalue weighted by Gasteiger charge is 2.61. The van der Waals surface area contributed by atoms with Gasteiger partial charge in [-0.05, 0) is 56.6 Å². The number of hydrogen-bond acceptors (Lipinski definition) is 4. The average molecular weight is 356 g/mol. The van der Waals surface area contributed by atoms with E-state index in [-0.39, 0.29) is 28.3 Å². The van der Waals surface area contributed by atoms with Crippen molar-refractivity contribution in [2.24, 2.45) is 28.6 Å². The number of rotatable bonds is 2. The maximum Gasteiger partial charge on any atom is 0.184 e. The summed E-state index contributed by atoms with van der Waals surface area (Å²) >= 11 is 0. The third-order valence-corrected chi connectivity index (χ3v) is 7.83. The predicted octanol–water partition coefficient (Wildman–Crippen LogP) is 2.75. The molecule has 6 atom stereocenters. The molecule has 26 heavy (non-hydrogen) atoms. The molecular weight excluding hydrogens is 328 g/mol. The lowest BCUT2D eigenvalue weighted by molar-refractivity contribution is -0.124. The van der Waals surface area contributed by atoms with Crippen molar-refractivity contribution < 1.29 is 19.8 Å². The van der Waals surface area contributed by atoms with E-state index in [4.69, 9.17) is 0 Å². The summed E-state index contributed by atoms with van der Waals surface area (Å²) in [5.41, 5.74) is 2.32. The number of fused-ring (bicyclic) bond motifs is 5. The van der Waals surface area contributed by atoms with Gasteiger partial charge in [-0.25, -0.2) is 0 Å². The Hall–Kier alpha value is -1.52. The fourth-order valence-corrected chi connectivity index (χ4v) is 6.89. The Labute approximate surface area is 154 Å². The summed E-state index contributed by atoms with van der Waals surface area (Å²) in [4.78, 5) is 24.3. The van der Waals surface area contributed by atoms with Crippen LogP contribution in [0.3, 0.4) is 0 Å². The number of carbonyl (C=O) groups is 2.